The van der Waals surface area contributed by atoms with Gasteiger partial charge in [0.25, 0.3) is 0 Å². The van der Waals surface area contributed by atoms with Gasteiger partial charge in [-0.05, 0) is 30.9 Å². The minimum Gasteiger partial charge on any atom is -0.409 e. The highest BCUT2D eigenvalue weighted by Crippen LogP contribution is 2.30. The highest BCUT2D eigenvalue weighted by atomic mass is 16.4. The largest absolute Gasteiger partial charge is 0.409 e. The summed E-state index contributed by atoms with van der Waals surface area (Å²) in [6, 6.07) is 3.69. The van der Waals surface area contributed by atoms with Gasteiger partial charge >= 0.3 is 0 Å². The Morgan fingerprint density at radius 1 is 1.62 bits per heavy atom. The summed E-state index contributed by atoms with van der Waals surface area (Å²) >= 11 is 0. The molecule has 3 N–H and O–H groups in total. The predicted molar refractivity (Wildman–Crippen MR) is 62.7 cm³/mol. The number of hydrogen-bond donors (Lipinski definition) is 2. The summed E-state index contributed by atoms with van der Waals surface area (Å²) in [5, 5.41) is 11.4. The fraction of sp³-hybridized carbons (Fsp3) is 0.455. The molecule has 0 atom stereocenters. The summed E-state index contributed by atoms with van der Waals surface area (Å²) < 4.78 is 0. The Morgan fingerprint density at radius 3 is 2.88 bits per heavy atom. The Bertz CT molecular complexity index is 383. The van der Waals surface area contributed by atoms with Crippen LogP contribution in [-0.2, 0) is 0 Å². The van der Waals surface area contributed by atoms with E-state index in [1.807, 2.05) is 6.07 Å². The van der Waals surface area contributed by atoms with Crippen LogP contribution in [0.5, 0.6) is 0 Å². The van der Waals surface area contributed by atoms with Crippen LogP contribution in [0.25, 0.3) is 0 Å². The lowest BCUT2D eigenvalue weighted by Gasteiger charge is -2.18. The van der Waals surface area contributed by atoms with Gasteiger partial charge < -0.3 is 15.8 Å². The molecule has 1 heterocycles. The molecule has 0 radical (unpaired) electrons. The summed E-state index contributed by atoms with van der Waals surface area (Å²) in [6.07, 6.45) is 4.41. The maximum Gasteiger partial charge on any atom is 0.188 e. The van der Waals surface area contributed by atoms with E-state index in [0.29, 0.717) is 5.69 Å². The molecule has 1 aliphatic rings. The molecule has 16 heavy (non-hydrogen) atoms. The Kier molecular flexibility index (Phi) is 2.94. The lowest BCUT2D eigenvalue weighted by Crippen LogP contribution is -2.21. The van der Waals surface area contributed by atoms with Crippen molar-refractivity contribution in [3.63, 3.8) is 0 Å². The average Bonchev–Trinajstić information content (AvgIpc) is 3.12. The molecule has 1 aromatic heterocycles. The van der Waals surface area contributed by atoms with Gasteiger partial charge in [-0.1, -0.05) is 5.16 Å². The molecule has 0 spiro atoms. The van der Waals surface area contributed by atoms with Crippen molar-refractivity contribution in [2.45, 2.75) is 12.8 Å². The molecule has 1 fully saturated rings. The second-order valence-corrected chi connectivity index (χ2v) is 4.21. The van der Waals surface area contributed by atoms with Crippen LogP contribution in [0.1, 0.15) is 18.5 Å². The van der Waals surface area contributed by atoms with E-state index in [0.717, 1.165) is 18.2 Å². The number of amidine groups is 1. The van der Waals surface area contributed by atoms with Gasteiger partial charge in [0.05, 0.1) is 11.9 Å². The lowest BCUT2D eigenvalue weighted by molar-refractivity contribution is 0.318. The molecule has 5 heteroatoms. The zero-order valence-electron chi connectivity index (χ0n) is 9.30. The van der Waals surface area contributed by atoms with Crippen LogP contribution in [0.3, 0.4) is 0 Å². The van der Waals surface area contributed by atoms with Crippen LogP contribution < -0.4 is 10.6 Å². The number of hydrogen-bond acceptors (Lipinski definition) is 4. The standard InChI is InChI=1S/C11H16N4O/c1-15(7-8-2-3-8)9-4-5-10(13-6-9)11(12)14-16/h4-6,8,16H,2-3,7H2,1H3,(H2,12,14). The van der Waals surface area contributed by atoms with Gasteiger partial charge in [0.2, 0.25) is 0 Å². The van der Waals surface area contributed by atoms with Crippen molar-refractivity contribution in [2.75, 3.05) is 18.5 Å². The van der Waals surface area contributed by atoms with Crippen molar-refractivity contribution in [3.8, 4) is 0 Å². The van der Waals surface area contributed by atoms with E-state index in [2.05, 4.69) is 22.1 Å². The molecule has 0 unspecified atom stereocenters. The van der Waals surface area contributed by atoms with Crippen LogP contribution in [0, 0.1) is 5.92 Å². The van der Waals surface area contributed by atoms with Crippen molar-refractivity contribution >= 4 is 11.5 Å². The summed E-state index contributed by atoms with van der Waals surface area (Å²) in [6.45, 7) is 1.07. The second-order valence-electron chi connectivity index (χ2n) is 4.21. The quantitative estimate of drug-likeness (QED) is 0.344. The first kappa shape index (κ1) is 10.7. The van der Waals surface area contributed by atoms with Crippen LogP contribution in [0.15, 0.2) is 23.5 Å². The minimum absolute atomic E-state index is 0.0383. The molecular weight excluding hydrogens is 204 g/mol. The van der Waals surface area contributed by atoms with Crippen LogP contribution in [0.2, 0.25) is 0 Å². The van der Waals surface area contributed by atoms with Gasteiger partial charge in [0.1, 0.15) is 5.69 Å². The molecule has 86 valence electrons. The molecule has 0 bridgehead atoms. The highest BCUT2D eigenvalue weighted by Gasteiger charge is 2.23. The van der Waals surface area contributed by atoms with Crippen molar-refractivity contribution < 1.29 is 5.21 Å². The molecule has 1 aromatic rings. The maximum atomic E-state index is 8.51. The SMILES string of the molecule is CN(CC1CC1)c1ccc(/C(N)=N/O)nc1. The summed E-state index contributed by atoms with van der Waals surface area (Å²) in [7, 11) is 2.05. The average molecular weight is 220 g/mol. The molecule has 0 saturated heterocycles. The number of anilines is 1. The molecule has 0 amide bonds. The maximum absolute atomic E-state index is 8.51. The number of nitrogens with zero attached hydrogens (tertiary/aromatic N) is 3. The lowest BCUT2D eigenvalue weighted by atomic mass is 10.3. The van der Waals surface area contributed by atoms with E-state index in [9.17, 15) is 0 Å². The van der Waals surface area contributed by atoms with Crippen molar-refractivity contribution in [3.05, 3.63) is 24.0 Å². The third kappa shape index (κ3) is 2.42. The third-order valence-corrected chi connectivity index (χ3v) is 2.79. The number of oxime groups is 1. The Hall–Kier alpha value is -1.78. The Morgan fingerprint density at radius 2 is 2.38 bits per heavy atom. The van der Waals surface area contributed by atoms with E-state index in [1.54, 1.807) is 12.3 Å². The summed E-state index contributed by atoms with van der Waals surface area (Å²) in [4.78, 5) is 6.32. The second kappa shape index (κ2) is 4.38. The first-order valence-electron chi connectivity index (χ1n) is 5.36. The van der Waals surface area contributed by atoms with E-state index >= 15 is 0 Å². The van der Waals surface area contributed by atoms with Crippen LogP contribution in [0.4, 0.5) is 5.69 Å². The fourth-order valence-corrected chi connectivity index (χ4v) is 1.61. The van der Waals surface area contributed by atoms with Crippen molar-refractivity contribution in [1.82, 2.24) is 4.98 Å². The number of aromatic nitrogens is 1. The smallest absolute Gasteiger partial charge is 0.188 e. The number of rotatable bonds is 4. The topological polar surface area (TPSA) is 74.7 Å². The molecule has 0 aromatic carbocycles. The number of nitrogens with two attached hydrogens (primary N) is 1. The Labute approximate surface area is 94.6 Å². The number of pyridine rings is 1. The van der Waals surface area contributed by atoms with Gasteiger partial charge in [-0.3, -0.25) is 4.98 Å². The zero-order chi connectivity index (χ0) is 11.5. The van der Waals surface area contributed by atoms with Gasteiger partial charge in [-0.25, -0.2) is 0 Å². The molecular formula is C11H16N4O. The van der Waals surface area contributed by atoms with Crippen LogP contribution in [-0.4, -0.2) is 29.6 Å². The normalized spacial score (nSPS) is 16.2. The van der Waals surface area contributed by atoms with E-state index in [4.69, 9.17) is 10.9 Å². The monoisotopic (exact) mass is 220 g/mol. The first-order chi connectivity index (χ1) is 7.70. The van der Waals surface area contributed by atoms with Gasteiger partial charge in [0.15, 0.2) is 5.84 Å². The molecule has 1 saturated carbocycles. The van der Waals surface area contributed by atoms with Crippen LogP contribution >= 0.6 is 0 Å². The van der Waals surface area contributed by atoms with Gasteiger partial charge in [0, 0.05) is 13.6 Å². The summed E-state index contributed by atoms with van der Waals surface area (Å²) in [5.41, 5.74) is 6.98. The molecule has 5 nitrogen and oxygen atoms in total. The summed E-state index contributed by atoms with van der Waals surface area (Å²) in [5.74, 6) is 0.880. The Balaban J connectivity index is 2.05. The van der Waals surface area contributed by atoms with Crippen molar-refractivity contribution in [2.24, 2.45) is 16.8 Å². The van der Waals surface area contributed by atoms with E-state index < -0.39 is 0 Å². The van der Waals surface area contributed by atoms with Gasteiger partial charge in [-0.2, -0.15) is 0 Å². The van der Waals surface area contributed by atoms with Crippen molar-refractivity contribution in [1.29, 1.82) is 0 Å². The highest BCUT2D eigenvalue weighted by molar-refractivity contribution is 5.95. The fourth-order valence-electron chi connectivity index (χ4n) is 1.61. The van der Waals surface area contributed by atoms with E-state index in [1.165, 1.54) is 12.8 Å². The van der Waals surface area contributed by atoms with Gasteiger partial charge in [-0.15, -0.1) is 0 Å². The molecule has 0 aliphatic heterocycles. The minimum atomic E-state index is 0.0383. The van der Waals surface area contributed by atoms with E-state index in [-0.39, 0.29) is 5.84 Å². The first-order valence-corrected chi connectivity index (χ1v) is 5.36. The third-order valence-electron chi connectivity index (χ3n) is 2.79. The molecule has 2 rings (SSSR count). The predicted octanol–water partition coefficient (Wildman–Crippen LogP) is 1.02. The zero-order valence-corrected chi connectivity index (χ0v) is 9.30. The molecule has 1 aliphatic carbocycles.